The molecule has 0 bridgehead atoms. The van der Waals surface area contributed by atoms with Gasteiger partial charge in [-0.2, -0.15) is 5.10 Å². The van der Waals surface area contributed by atoms with Gasteiger partial charge in [0.25, 0.3) is 0 Å². The summed E-state index contributed by atoms with van der Waals surface area (Å²) in [5.74, 6) is 0.508. The highest BCUT2D eigenvalue weighted by Gasteiger charge is 2.23. The van der Waals surface area contributed by atoms with Crippen LogP contribution in [0, 0.1) is 5.82 Å². The molecular weight excluding hydrogens is 221 g/mol. The first-order chi connectivity index (χ1) is 8.31. The van der Waals surface area contributed by atoms with E-state index in [0.717, 1.165) is 17.1 Å². The van der Waals surface area contributed by atoms with Gasteiger partial charge in [0.2, 0.25) is 0 Å². The van der Waals surface area contributed by atoms with Crippen LogP contribution in [0.25, 0.3) is 5.69 Å². The molecule has 5 heteroatoms. The molecule has 0 saturated carbocycles. The summed E-state index contributed by atoms with van der Waals surface area (Å²) in [6, 6.07) is 6.59. The molecule has 17 heavy (non-hydrogen) atoms. The smallest absolute Gasteiger partial charge is 0.148 e. The van der Waals surface area contributed by atoms with Gasteiger partial charge in [-0.25, -0.2) is 9.07 Å². The van der Waals surface area contributed by atoms with Crippen molar-refractivity contribution in [2.45, 2.75) is 13.2 Å². The van der Waals surface area contributed by atoms with E-state index in [1.807, 2.05) is 0 Å². The van der Waals surface area contributed by atoms with E-state index in [4.69, 9.17) is 4.74 Å². The average Bonchev–Trinajstić information content (AvgIpc) is 2.89. The molecular formula is C12H12FN3O. The van der Waals surface area contributed by atoms with Gasteiger partial charge in [0.15, 0.2) is 0 Å². The number of anilines is 1. The fraction of sp³-hybridized carbons (Fsp3) is 0.250. The van der Waals surface area contributed by atoms with Crippen molar-refractivity contribution in [3.05, 3.63) is 41.3 Å². The van der Waals surface area contributed by atoms with Crippen LogP contribution in [0.1, 0.15) is 11.3 Å². The maximum absolute atomic E-state index is 13.7. The lowest BCUT2D eigenvalue weighted by Crippen LogP contribution is -2.06. The topological polar surface area (TPSA) is 39.1 Å². The number of benzene rings is 1. The molecule has 4 nitrogen and oxygen atoms in total. The van der Waals surface area contributed by atoms with E-state index in [2.05, 4.69) is 10.4 Å². The zero-order valence-corrected chi connectivity index (χ0v) is 9.40. The van der Waals surface area contributed by atoms with Crippen molar-refractivity contribution in [3.8, 4) is 5.69 Å². The van der Waals surface area contributed by atoms with Crippen LogP contribution in [0.5, 0.6) is 0 Å². The van der Waals surface area contributed by atoms with Gasteiger partial charge in [0.05, 0.1) is 18.9 Å². The average molecular weight is 233 g/mol. The number of para-hydroxylation sites is 1. The lowest BCUT2D eigenvalue weighted by molar-refractivity contribution is 0.131. The Balaban J connectivity index is 2.19. The van der Waals surface area contributed by atoms with Gasteiger partial charge < -0.3 is 10.1 Å². The van der Waals surface area contributed by atoms with E-state index in [1.165, 1.54) is 6.07 Å². The normalized spacial score (nSPS) is 13.8. The van der Waals surface area contributed by atoms with Crippen molar-refractivity contribution < 1.29 is 9.13 Å². The van der Waals surface area contributed by atoms with Crippen LogP contribution in [-0.4, -0.2) is 16.8 Å². The van der Waals surface area contributed by atoms with Crippen LogP contribution in [0.15, 0.2) is 24.3 Å². The van der Waals surface area contributed by atoms with Crippen molar-refractivity contribution in [2.75, 3.05) is 12.4 Å². The van der Waals surface area contributed by atoms with E-state index in [9.17, 15) is 4.39 Å². The molecule has 0 fully saturated rings. The highest BCUT2D eigenvalue weighted by molar-refractivity contribution is 5.53. The van der Waals surface area contributed by atoms with Crippen molar-refractivity contribution in [3.63, 3.8) is 0 Å². The minimum Gasteiger partial charge on any atom is -0.373 e. The van der Waals surface area contributed by atoms with Gasteiger partial charge in [-0.1, -0.05) is 12.1 Å². The predicted molar refractivity (Wildman–Crippen MR) is 61.6 cm³/mol. The lowest BCUT2D eigenvalue weighted by atomic mass is 10.2. The number of fused-ring (bicyclic) bond motifs is 1. The molecule has 0 unspecified atom stereocenters. The first kappa shape index (κ1) is 10.3. The van der Waals surface area contributed by atoms with Crippen LogP contribution >= 0.6 is 0 Å². The Labute approximate surface area is 98.0 Å². The summed E-state index contributed by atoms with van der Waals surface area (Å²) in [4.78, 5) is 0. The number of ether oxygens (including phenoxy) is 1. The molecule has 0 amide bonds. The Kier molecular flexibility index (Phi) is 2.33. The third-order valence-electron chi connectivity index (χ3n) is 2.87. The molecule has 0 atom stereocenters. The number of rotatable bonds is 2. The molecule has 0 radical (unpaired) electrons. The van der Waals surface area contributed by atoms with Crippen LogP contribution in [0.3, 0.4) is 0 Å². The van der Waals surface area contributed by atoms with E-state index in [0.29, 0.717) is 18.9 Å². The first-order valence-corrected chi connectivity index (χ1v) is 5.42. The van der Waals surface area contributed by atoms with E-state index >= 15 is 0 Å². The van der Waals surface area contributed by atoms with Crippen LogP contribution in [0.4, 0.5) is 10.2 Å². The van der Waals surface area contributed by atoms with Gasteiger partial charge in [0, 0.05) is 12.6 Å². The van der Waals surface area contributed by atoms with Gasteiger partial charge >= 0.3 is 0 Å². The molecule has 2 aromatic rings. The minimum atomic E-state index is -0.286. The second-order valence-electron chi connectivity index (χ2n) is 3.88. The molecule has 1 N–H and O–H groups in total. The molecule has 0 saturated heterocycles. The van der Waals surface area contributed by atoms with E-state index in [1.54, 1.807) is 29.9 Å². The molecule has 2 heterocycles. The standard InChI is InChI=1S/C12H12FN3O/c1-14-12-8-6-17-7-10(8)15-16(12)11-5-3-2-4-9(11)13/h2-5,14H,6-7H2,1H3. The zero-order valence-electron chi connectivity index (χ0n) is 9.40. The maximum atomic E-state index is 13.7. The molecule has 0 spiro atoms. The van der Waals surface area contributed by atoms with Gasteiger partial charge in [-0.3, -0.25) is 0 Å². The monoisotopic (exact) mass is 233 g/mol. The molecule has 88 valence electrons. The summed E-state index contributed by atoms with van der Waals surface area (Å²) >= 11 is 0. The Morgan fingerprint density at radius 2 is 2.18 bits per heavy atom. The second kappa shape index (κ2) is 3.85. The van der Waals surface area contributed by atoms with E-state index in [-0.39, 0.29) is 5.82 Å². The Bertz CT molecular complexity index is 565. The fourth-order valence-electron chi connectivity index (χ4n) is 2.07. The second-order valence-corrected chi connectivity index (χ2v) is 3.88. The molecule has 1 aromatic heterocycles. The zero-order chi connectivity index (χ0) is 11.8. The Morgan fingerprint density at radius 3 is 2.94 bits per heavy atom. The number of aromatic nitrogens is 2. The van der Waals surface area contributed by atoms with Crippen molar-refractivity contribution in [2.24, 2.45) is 0 Å². The SMILES string of the molecule is CNc1c2c(nn1-c1ccccc1F)COC2. The minimum absolute atomic E-state index is 0.286. The van der Waals surface area contributed by atoms with Crippen LogP contribution in [-0.2, 0) is 18.0 Å². The fourth-order valence-corrected chi connectivity index (χ4v) is 2.07. The van der Waals surface area contributed by atoms with Gasteiger partial charge in [-0.05, 0) is 12.1 Å². The lowest BCUT2D eigenvalue weighted by Gasteiger charge is -2.09. The summed E-state index contributed by atoms with van der Waals surface area (Å²) in [7, 11) is 1.80. The van der Waals surface area contributed by atoms with Crippen LogP contribution in [0.2, 0.25) is 0 Å². The maximum Gasteiger partial charge on any atom is 0.148 e. The summed E-state index contributed by atoms with van der Waals surface area (Å²) in [6.07, 6.45) is 0. The summed E-state index contributed by atoms with van der Waals surface area (Å²) < 4.78 is 20.6. The predicted octanol–water partition coefficient (Wildman–Crippen LogP) is 2.08. The molecule has 1 aromatic carbocycles. The van der Waals surface area contributed by atoms with Gasteiger partial charge in [-0.15, -0.1) is 0 Å². The Hall–Kier alpha value is -1.88. The van der Waals surface area contributed by atoms with Gasteiger partial charge in [0.1, 0.15) is 17.3 Å². The van der Waals surface area contributed by atoms with Crippen molar-refractivity contribution in [1.29, 1.82) is 0 Å². The highest BCUT2D eigenvalue weighted by atomic mass is 19.1. The van der Waals surface area contributed by atoms with E-state index < -0.39 is 0 Å². The summed E-state index contributed by atoms with van der Waals surface area (Å²) in [5, 5.41) is 7.44. The number of hydrogen-bond donors (Lipinski definition) is 1. The number of nitrogens with one attached hydrogen (secondary N) is 1. The summed E-state index contributed by atoms with van der Waals surface area (Å²) in [6.45, 7) is 1.02. The van der Waals surface area contributed by atoms with Crippen LogP contribution < -0.4 is 5.32 Å². The molecule has 1 aliphatic heterocycles. The number of halogens is 1. The van der Waals surface area contributed by atoms with Crippen molar-refractivity contribution in [1.82, 2.24) is 9.78 Å². The quantitative estimate of drug-likeness (QED) is 0.863. The largest absolute Gasteiger partial charge is 0.373 e. The third kappa shape index (κ3) is 1.51. The molecule has 1 aliphatic rings. The number of nitrogens with zero attached hydrogens (tertiary/aromatic N) is 2. The molecule has 0 aliphatic carbocycles. The first-order valence-electron chi connectivity index (χ1n) is 5.42. The third-order valence-corrected chi connectivity index (χ3v) is 2.87. The highest BCUT2D eigenvalue weighted by Crippen LogP contribution is 2.29. The molecule has 3 rings (SSSR count). The van der Waals surface area contributed by atoms with Crippen molar-refractivity contribution >= 4 is 5.82 Å². The summed E-state index contributed by atoms with van der Waals surface area (Å²) in [5.41, 5.74) is 2.33. The number of hydrogen-bond acceptors (Lipinski definition) is 3. The Morgan fingerprint density at radius 1 is 1.35 bits per heavy atom.